The summed E-state index contributed by atoms with van der Waals surface area (Å²) in [5.41, 5.74) is 0. The first kappa shape index (κ1) is 14.8. The van der Waals surface area contributed by atoms with E-state index in [1.807, 2.05) is 7.05 Å². The van der Waals surface area contributed by atoms with Crippen LogP contribution in [-0.2, 0) is 4.74 Å². The second-order valence-corrected chi connectivity index (χ2v) is 4.80. The fourth-order valence-electron chi connectivity index (χ4n) is 2.27. The summed E-state index contributed by atoms with van der Waals surface area (Å²) in [6.45, 7) is 10.3. The first-order valence-corrected chi connectivity index (χ1v) is 7.22. The standard InChI is InChI=1S/C13H24N6O/c1-5-18(6-2)12-15-11(14-4)16-13(17-12)19-7-8-20-9-10(19)3/h10H,5-9H2,1-4H3,(H,14,15,16,17). The van der Waals surface area contributed by atoms with E-state index < -0.39 is 0 Å². The molecule has 112 valence electrons. The molecule has 1 saturated heterocycles. The van der Waals surface area contributed by atoms with E-state index in [1.54, 1.807) is 0 Å². The maximum atomic E-state index is 5.47. The third-order valence-corrected chi connectivity index (χ3v) is 3.51. The van der Waals surface area contributed by atoms with Gasteiger partial charge in [0.05, 0.1) is 19.3 Å². The highest BCUT2D eigenvalue weighted by Gasteiger charge is 2.23. The minimum absolute atomic E-state index is 0.278. The molecular weight excluding hydrogens is 256 g/mol. The van der Waals surface area contributed by atoms with E-state index in [-0.39, 0.29) is 6.04 Å². The van der Waals surface area contributed by atoms with Gasteiger partial charge in [0.1, 0.15) is 0 Å². The molecule has 2 heterocycles. The van der Waals surface area contributed by atoms with Gasteiger partial charge in [0.2, 0.25) is 17.8 Å². The number of morpholine rings is 1. The van der Waals surface area contributed by atoms with Crippen molar-refractivity contribution in [3.05, 3.63) is 0 Å². The van der Waals surface area contributed by atoms with Gasteiger partial charge in [-0.25, -0.2) is 0 Å². The summed E-state index contributed by atoms with van der Waals surface area (Å²) in [5.74, 6) is 2.06. The second-order valence-electron chi connectivity index (χ2n) is 4.80. The number of aromatic nitrogens is 3. The Morgan fingerprint density at radius 2 is 2.05 bits per heavy atom. The fraction of sp³-hybridized carbons (Fsp3) is 0.769. The predicted octanol–water partition coefficient (Wildman–Crippen LogP) is 0.985. The lowest BCUT2D eigenvalue weighted by atomic mass is 10.3. The molecule has 1 aliphatic heterocycles. The van der Waals surface area contributed by atoms with Crippen molar-refractivity contribution in [2.45, 2.75) is 26.8 Å². The van der Waals surface area contributed by atoms with Crippen LogP contribution >= 0.6 is 0 Å². The van der Waals surface area contributed by atoms with Gasteiger partial charge in [-0.3, -0.25) is 0 Å². The Morgan fingerprint density at radius 3 is 2.65 bits per heavy atom. The largest absolute Gasteiger partial charge is 0.377 e. The van der Waals surface area contributed by atoms with E-state index in [0.29, 0.717) is 19.2 Å². The number of hydrogen-bond acceptors (Lipinski definition) is 7. The van der Waals surface area contributed by atoms with Crippen LogP contribution in [0.3, 0.4) is 0 Å². The Morgan fingerprint density at radius 1 is 1.30 bits per heavy atom. The van der Waals surface area contributed by atoms with Crippen LogP contribution < -0.4 is 15.1 Å². The summed E-state index contributed by atoms with van der Waals surface area (Å²) in [7, 11) is 1.83. The van der Waals surface area contributed by atoms with Crippen LogP contribution in [0.15, 0.2) is 0 Å². The highest BCUT2D eigenvalue weighted by Crippen LogP contribution is 2.19. The van der Waals surface area contributed by atoms with Gasteiger partial charge in [0.15, 0.2) is 0 Å². The van der Waals surface area contributed by atoms with Crippen molar-refractivity contribution in [3.8, 4) is 0 Å². The lowest BCUT2D eigenvalue weighted by molar-refractivity contribution is 0.0981. The number of nitrogens with zero attached hydrogens (tertiary/aromatic N) is 5. The molecule has 0 aliphatic carbocycles. The minimum atomic E-state index is 0.278. The molecule has 0 saturated carbocycles. The molecule has 1 fully saturated rings. The Balaban J connectivity index is 2.34. The van der Waals surface area contributed by atoms with Crippen molar-refractivity contribution in [1.29, 1.82) is 0 Å². The lowest BCUT2D eigenvalue weighted by Crippen LogP contribution is -2.45. The average Bonchev–Trinajstić information content (AvgIpc) is 2.48. The van der Waals surface area contributed by atoms with E-state index in [4.69, 9.17) is 4.74 Å². The zero-order valence-electron chi connectivity index (χ0n) is 12.8. The van der Waals surface area contributed by atoms with Gasteiger partial charge in [0, 0.05) is 26.7 Å². The normalized spacial score (nSPS) is 19.0. The topological polar surface area (TPSA) is 66.4 Å². The molecule has 20 heavy (non-hydrogen) atoms. The Labute approximate surface area is 120 Å². The zero-order chi connectivity index (χ0) is 14.5. The molecule has 7 nitrogen and oxygen atoms in total. The fourth-order valence-corrected chi connectivity index (χ4v) is 2.27. The van der Waals surface area contributed by atoms with Crippen LogP contribution in [0.2, 0.25) is 0 Å². The Bertz CT molecular complexity index is 437. The summed E-state index contributed by atoms with van der Waals surface area (Å²) < 4.78 is 5.47. The van der Waals surface area contributed by atoms with Crippen LogP contribution in [-0.4, -0.2) is 60.9 Å². The predicted molar refractivity (Wildman–Crippen MR) is 80.6 cm³/mol. The van der Waals surface area contributed by atoms with Crippen LogP contribution in [0.5, 0.6) is 0 Å². The molecule has 0 bridgehead atoms. The monoisotopic (exact) mass is 280 g/mol. The Kier molecular flexibility index (Phi) is 4.94. The van der Waals surface area contributed by atoms with Crippen LogP contribution in [0.1, 0.15) is 20.8 Å². The molecular formula is C13H24N6O. The number of ether oxygens (including phenoxy) is 1. The number of anilines is 3. The quantitative estimate of drug-likeness (QED) is 0.862. The molecule has 1 N–H and O–H groups in total. The molecule has 0 radical (unpaired) electrons. The first-order chi connectivity index (χ1) is 9.69. The molecule has 1 atom stereocenters. The molecule has 1 aromatic rings. The maximum Gasteiger partial charge on any atom is 0.232 e. The number of hydrogen-bond donors (Lipinski definition) is 1. The maximum absolute atomic E-state index is 5.47. The summed E-state index contributed by atoms with van der Waals surface area (Å²) >= 11 is 0. The van der Waals surface area contributed by atoms with Gasteiger partial charge in [-0.2, -0.15) is 15.0 Å². The van der Waals surface area contributed by atoms with Gasteiger partial charge in [0.25, 0.3) is 0 Å². The van der Waals surface area contributed by atoms with Gasteiger partial charge in [-0.1, -0.05) is 0 Å². The first-order valence-electron chi connectivity index (χ1n) is 7.22. The molecule has 0 spiro atoms. The number of rotatable bonds is 5. The van der Waals surface area contributed by atoms with Crippen molar-refractivity contribution in [2.24, 2.45) is 0 Å². The SMILES string of the molecule is CCN(CC)c1nc(NC)nc(N2CCOCC2C)n1. The van der Waals surface area contributed by atoms with Crippen molar-refractivity contribution in [1.82, 2.24) is 15.0 Å². The van der Waals surface area contributed by atoms with E-state index in [9.17, 15) is 0 Å². The molecule has 0 amide bonds. The van der Waals surface area contributed by atoms with Gasteiger partial charge < -0.3 is 19.9 Å². The van der Waals surface area contributed by atoms with E-state index in [1.165, 1.54) is 0 Å². The van der Waals surface area contributed by atoms with E-state index >= 15 is 0 Å². The molecule has 7 heteroatoms. The zero-order valence-corrected chi connectivity index (χ0v) is 12.8. The van der Waals surface area contributed by atoms with E-state index in [0.717, 1.165) is 31.5 Å². The van der Waals surface area contributed by atoms with Gasteiger partial charge in [-0.15, -0.1) is 0 Å². The highest BCUT2D eigenvalue weighted by molar-refractivity contribution is 5.45. The molecule has 2 rings (SSSR count). The summed E-state index contributed by atoms with van der Waals surface area (Å²) in [6, 6.07) is 0.278. The third-order valence-electron chi connectivity index (χ3n) is 3.51. The van der Waals surface area contributed by atoms with Crippen LogP contribution in [0.4, 0.5) is 17.8 Å². The van der Waals surface area contributed by atoms with Crippen LogP contribution in [0.25, 0.3) is 0 Å². The van der Waals surface area contributed by atoms with Gasteiger partial charge >= 0.3 is 0 Å². The van der Waals surface area contributed by atoms with E-state index in [2.05, 4.69) is 50.8 Å². The molecule has 0 aromatic carbocycles. The van der Waals surface area contributed by atoms with Gasteiger partial charge in [-0.05, 0) is 20.8 Å². The number of nitrogens with one attached hydrogen (secondary N) is 1. The molecule has 1 aromatic heterocycles. The highest BCUT2D eigenvalue weighted by atomic mass is 16.5. The van der Waals surface area contributed by atoms with Crippen molar-refractivity contribution in [2.75, 3.05) is 55.0 Å². The Hall–Kier alpha value is -1.63. The molecule has 1 unspecified atom stereocenters. The average molecular weight is 280 g/mol. The second kappa shape index (κ2) is 6.69. The minimum Gasteiger partial charge on any atom is -0.377 e. The lowest BCUT2D eigenvalue weighted by Gasteiger charge is -2.33. The third kappa shape index (κ3) is 3.09. The van der Waals surface area contributed by atoms with Crippen molar-refractivity contribution in [3.63, 3.8) is 0 Å². The summed E-state index contributed by atoms with van der Waals surface area (Å²) in [5, 5.41) is 3.02. The molecule has 1 aliphatic rings. The van der Waals surface area contributed by atoms with Crippen LogP contribution in [0, 0.1) is 0 Å². The summed E-state index contributed by atoms with van der Waals surface area (Å²) in [6.07, 6.45) is 0. The smallest absolute Gasteiger partial charge is 0.232 e. The summed E-state index contributed by atoms with van der Waals surface area (Å²) in [4.78, 5) is 17.9. The van der Waals surface area contributed by atoms with Crippen molar-refractivity contribution < 1.29 is 4.74 Å². The van der Waals surface area contributed by atoms with Crippen molar-refractivity contribution >= 4 is 17.8 Å².